The lowest BCUT2D eigenvalue weighted by atomic mass is 10.2. The summed E-state index contributed by atoms with van der Waals surface area (Å²) < 4.78 is 1.44. The summed E-state index contributed by atoms with van der Waals surface area (Å²) in [4.78, 5) is 20.1. The third-order valence-electron chi connectivity index (χ3n) is 4.12. The Labute approximate surface area is 139 Å². The second-order valence-corrected chi connectivity index (χ2v) is 7.00. The molecular weight excluding hydrogens is 312 g/mol. The van der Waals surface area contributed by atoms with Crippen molar-refractivity contribution in [1.29, 1.82) is 0 Å². The SMILES string of the molecule is CCn1nc(-c2ccc(CN3CCCCCC3)s2)nc1C(=O)O. The number of likely N-dealkylation sites (tertiary alicyclic amines) is 1. The summed E-state index contributed by atoms with van der Waals surface area (Å²) >= 11 is 1.66. The lowest BCUT2D eigenvalue weighted by Gasteiger charge is -2.18. The van der Waals surface area contributed by atoms with Gasteiger partial charge in [0.2, 0.25) is 5.82 Å². The first-order valence-electron chi connectivity index (χ1n) is 8.17. The zero-order chi connectivity index (χ0) is 16.2. The van der Waals surface area contributed by atoms with Gasteiger partial charge in [0.25, 0.3) is 0 Å². The van der Waals surface area contributed by atoms with E-state index in [9.17, 15) is 9.90 Å². The number of hydrogen-bond donors (Lipinski definition) is 1. The van der Waals surface area contributed by atoms with Crippen LogP contribution in [0.4, 0.5) is 0 Å². The molecule has 3 heterocycles. The van der Waals surface area contributed by atoms with Crippen molar-refractivity contribution >= 4 is 17.3 Å². The normalized spacial score (nSPS) is 16.4. The van der Waals surface area contributed by atoms with E-state index in [1.54, 1.807) is 11.3 Å². The molecular formula is C16H22N4O2S. The van der Waals surface area contributed by atoms with Crippen LogP contribution < -0.4 is 0 Å². The number of carbonyl (C=O) groups is 1. The zero-order valence-electron chi connectivity index (χ0n) is 13.4. The van der Waals surface area contributed by atoms with E-state index in [1.165, 1.54) is 48.3 Å². The number of aromatic carboxylic acids is 1. The number of hydrogen-bond acceptors (Lipinski definition) is 5. The summed E-state index contributed by atoms with van der Waals surface area (Å²) in [7, 11) is 0. The van der Waals surface area contributed by atoms with E-state index >= 15 is 0 Å². The Bertz CT molecular complexity index is 671. The van der Waals surface area contributed by atoms with E-state index in [-0.39, 0.29) is 5.82 Å². The minimum atomic E-state index is -1.04. The van der Waals surface area contributed by atoms with Crippen molar-refractivity contribution in [3.8, 4) is 10.7 Å². The number of aryl methyl sites for hydroxylation is 1. The van der Waals surface area contributed by atoms with Crippen molar-refractivity contribution in [1.82, 2.24) is 19.7 Å². The maximum absolute atomic E-state index is 11.2. The fourth-order valence-electron chi connectivity index (χ4n) is 2.92. The van der Waals surface area contributed by atoms with Gasteiger partial charge >= 0.3 is 5.97 Å². The quantitative estimate of drug-likeness (QED) is 0.910. The molecule has 23 heavy (non-hydrogen) atoms. The van der Waals surface area contributed by atoms with Crippen molar-refractivity contribution in [2.24, 2.45) is 0 Å². The number of nitrogens with zero attached hydrogens (tertiary/aromatic N) is 4. The molecule has 1 aliphatic rings. The molecule has 2 aromatic rings. The molecule has 1 N–H and O–H groups in total. The van der Waals surface area contributed by atoms with Crippen molar-refractivity contribution < 1.29 is 9.90 Å². The Hall–Kier alpha value is -1.73. The Morgan fingerprint density at radius 2 is 2.00 bits per heavy atom. The molecule has 0 aliphatic carbocycles. The molecule has 0 amide bonds. The number of carboxylic acids is 1. The fraction of sp³-hybridized carbons (Fsp3) is 0.562. The van der Waals surface area contributed by atoms with Gasteiger partial charge in [-0.15, -0.1) is 16.4 Å². The highest BCUT2D eigenvalue weighted by atomic mass is 32.1. The van der Waals surface area contributed by atoms with Crippen LogP contribution in [0.15, 0.2) is 12.1 Å². The van der Waals surface area contributed by atoms with Crippen molar-refractivity contribution in [3.05, 3.63) is 22.8 Å². The molecule has 0 bridgehead atoms. The number of carboxylic acid groups (broad SMARTS) is 1. The zero-order valence-corrected chi connectivity index (χ0v) is 14.2. The molecule has 3 rings (SSSR count). The second kappa shape index (κ2) is 7.23. The Balaban J connectivity index is 1.75. The third-order valence-corrected chi connectivity index (χ3v) is 5.19. The Morgan fingerprint density at radius 1 is 1.26 bits per heavy atom. The molecule has 0 aromatic carbocycles. The molecule has 0 atom stereocenters. The first-order chi connectivity index (χ1) is 11.2. The fourth-order valence-corrected chi connectivity index (χ4v) is 3.90. The first-order valence-corrected chi connectivity index (χ1v) is 8.98. The topological polar surface area (TPSA) is 71.2 Å². The summed E-state index contributed by atoms with van der Waals surface area (Å²) in [5.74, 6) is -0.520. The lowest BCUT2D eigenvalue weighted by Crippen LogP contribution is -2.23. The third kappa shape index (κ3) is 3.79. The van der Waals surface area contributed by atoms with Crippen LogP contribution in [-0.2, 0) is 13.1 Å². The maximum atomic E-state index is 11.2. The molecule has 124 valence electrons. The molecule has 1 saturated heterocycles. The van der Waals surface area contributed by atoms with Crippen molar-refractivity contribution in [2.45, 2.75) is 45.7 Å². The van der Waals surface area contributed by atoms with Gasteiger partial charge in [-0.2, -0.15) is 4.98 Å². The van der Waals surface area contributed by atoms with Gasteiger partial charge in [-0.05, 0) is 45.0 Å². The number of rotatable bonds is 5. The average molecular weight is 334 g/mol. The van der Waals surface area contributed by atoms with Gasteiger partial charge in [-0.25, -0.2) is 9.48 Å². The summed E-state index contributed by atoms with van der Waals surface area (Å²) in [5.41, 5.74) is 0. The highest BCUT2D eigenvalue weighted by Gasteiger charge is 2.18. The first kappa shape index (κ1) is 16.1. The van der Waals surface area contributed by atoms with Gasteiger partial charge in [0.1, 0.15) is 0 Å². The summed E-state index contributed by atoms with van der Waals surface area (Å²) in [5, 5.41) is 13.5. The molecule has 0 radical (unpaired) electrons. The van der Waals surface area contributed by atoms with Gasteiger partial charge in [0.15, 0.2) is 5.82 Å². The molecule has 0 spiro atoms. The monoisotopic (exact) mass is 334 g/mol. The highest BCUT2D eigenvalue weighted by Crippen LogP contribution is 2.27. The molecule has 0 saturated carbocycles. The average Bonchev–Trinajstić information content (AvgIpc) is 3.09. The Kier molecular flexibility index (Phi) is 5.07. The van der Waals surface area contributed by atoms with Gasteiger partial charge in [0.05, 0.1) is 4.88 Å². The highest BCUT2D eigenvalue weighted by molar-refractivity contribution is 7.15. The lowest BCUT2D eigenvalue weighted by molar-refractivity contribution is 0.0676. The van der Waals surface area contributed by atoms with E-state index in [2.05, 4.69) is 21.0 Å². The van der Waals surface area contributed by atoms with Gasteiger partial charge < -0.3 is 5.11 Å². The van der Waals surface area contributed by atoms with Crippen LogP contribution in [0.25, 0.3) is 10.7 Å². The van der Waals surface area contributed by atoms with E-state index < -0.39 is 5.97 Å². The summed E-state index contributed by atoms with van der Waals surface area (Å²) in [6.07, 6.45) is 5.23. The minimum Gasteiger partial charge on any atom is -0.475 e. The van der Waals surface area contributed by atoms with Crippen LogP contribution in [0, 0.1) is 0 Å². The van der Waals surface area contributed by atoms with Crippen molar-refractivity contribution in [2.75, 3.05) is 13.1 Å². The molecule has 1 aliphatic heterocycles. The summed E-state index contributed by atoms with van der Waals surface area (Å²) in [6, 6.07) is 4.11. The molecule has 6 nitrogen and oxygen atoms in total. The molecule has 2 aromatic heterocycles. The number of thiophene rings is 1. The second-order valence-electron chi connectivity index (χ2n) is 5.84. The smallest absolute Gasteiger partial charge is 0.373 e. The largest absolute Gasteiger partial charge is 0.475 e. The molecule has 7 heteroatoms. The maximum Gasteiger partial charge on any atom is 0.373 e. The van der Waals surface area contributed by atoms with Crippen LogP contribution in [0.2, 0.25) is 0 Å². The summed E-state index contributed by atoms with van der Waals surface area (Å²) in [6.45, 7) is 5.66. The van der Waals surface area contributed by atoms with Gasteiger partial charge in [0, 0.05) is 18.0 Å². The van der Waals surface area contributed by atoms with Crippen LogP contribution >= 0.6 is 11.3 Å². The molecule has 0 unspecified atom stereocenters. The van der Waals surface area contributed by atoms with Crippen molar-refractivity contribution in [3.63, 3.8) is 0 Å². The molecule has 1 fully saturated rings. The van der Waals surface area contributed by atoms with E-state index in [0.29, 0.717) is 12.4 Å². The standard InChI is InChI=1S/C16H22N4O2S/c1-2-20-15(16(21)22)17-14(18-20)13-8-7-12(23-13)11-19-9-5-3-4-6-10-19/h7-8H,2-6,9-11H2,1H3,(H,21,22). The van der Waals surface area contributed by atoms with Crippen LogP contribution in [0.3, 0.4) is 0 Å². The Morgan fingerprint density at radius 3 is 2.61 bits per heavy atom. The number of aromatic nitrogens is 3. The van der Waals surface area contributed by atoms with E-state index in [0.717, 1.165) is 11.4 Å². The predicted octanol–water partition coefficient (Wildman–Crippen LogP) is 3.10. The van der Waals surface area contributed by atoms with Crippen LogP contribution in [0.5, 0.6) is 0 Å². The van der Waals surface area contributed by atoms with Gasteiger partial charge in [-0.3, -0.25) is 4.90 Å². The minimum absolute atomic E-state index is 0.00460. The van der Waals surface area contributed by atoms with E-state index in [1.807, 2.05) is 13.0 Å². The van der Waals surface area contributed by atoms with E-state index in [4.69, 9.17) is 0 Å². The predicted molar refractivity (Wildman–Crippen MR) is 89.7 cm³/mol. The van der Waals surface area contributed by atoms with Crippen LogP contribution in [0.1, 0.15) is 48.1 Å². The van der Waals surface area contributed by atoms with Gasteiger partial charge in [-0.1, -0.05) is 12.8 Å². The van der Waals surface area contributed by atoms with Crippen LogP contribution in [-0.4, -0.2) is 43.8 Å².